The van der Waals surface area contributed by atoms with Crippen molar-refractivity contribution >= 4 is 51.8 Å². The molecular weight excluding hydrogens is 831 g/mol. The SMILES string of the molecule is Cn1c(=O)n(C2CCC(=O)NC2=O)c2cccc(CCCCN3CCN(C(=O)C4CCC(n5cc(NC(=O)c6cnn7ccc(N8C[C@H]9C[C@@H]8CO9)nc67)c(C(F)F)n5)CC4)CC3)c21. The van der Waals surface area contributed by atoms with Crippen molar-refractivity contribution in [3.8, 4) is 0 Å². The number of piperazine rings is 1. The van der Waals surface area contributed by atoms with Crippen LogP contribution in [0, 0.1) is 5.92 Å². The number of imidazole rings is 1. The number of carbonyl (C=O) groups is 4. The van der Waals surface area contributed by atoms with Crippen LogP contribution < -0.4 is 21.2 Å². The van der Waals surface area contributed by atoms with E-state index in [1.165, 1.54) is 26.2 Å². The van der Waals surface area contributed by atoms with E-state index in [2.05, 4.69) is 30.6 Å². The molecule has 1 aromatic carbocycles. The first-order valence-corrected chi connectivity index (χ1v) is 22.5. The van der Waals surface area contributed by atoms with Gasteiger partial charge in [0.1, 0.15) is 17.4 Å². The highest BCUT2D eigenvalue weighted by atomic mass is 19.3. The Morgan fingerprint density at radius 2 is 1.81 bits per heavy atom. The van der Waals surface area contributed by atoms with Crippen LogP contribution in [0.1, 0.15) is 97.9 Å². The zero-order valence-corrected chi connectivity index (χ0v) is 35.7. The number of para-hydroxylation sites is 1. The van der Waals surface area contributed by atoms with E-state index in [0.29, 0.717) is 68.8 Å². The maximum atomic E-state index is 14.3. The minimum Gasteiger partial charge on any atom is -0.374 e. The lowest BCUT2D eigenvalue weighted by atomic mass is 9.85. The number of morpholine rings is 1. The summed E-state index contributed by atoms with van der Waals surface area (Å²) in [5, 5.41) is 13.5. The van der Waals surface area contributed by atoms with Gasteiger partial charge >= 0.3 is 5.69 Å². The van der Waals surface area contributed by atoms with Gasteiger partial charge in [-0.3, -0.25) is 43.2 Å². The molecule has 1 saturated carbocycles. The molecule has 0 radical (unpaired) electrons. The number of hydrogen-bond acceptors (Lipinski definition) is 11. The number of anilines is 2. The second-order valence-electron chi connectivity index (χ2n) is 17.9. The van der Waals surface area contributed by atoms with Crippen molar-refractivity contribution < 1.29 is 32.7 Å². The Balaban J connectivity index is 0.695. The summed E-state index contributed by atoms with van der Waals surface area (Å²) in [6.45, 7) is 5.08. The van der Waals surface area contributed by atoms with Crippen LogP contribution >= 0.6 is 0 Å². The summed E-state index contributed by atoms with van der Waals surface area (Å²) in [7, 11) is 1.72. The minimum absolute atomic E-state index is 0.0633. The van der Waals surface area contributed by atoms with Crippen LogP contribution in [0.4, 0.5) is 20.3 Å². The number of halogens is 2. The van der Waals surface area contributed by atoms with E-state index in [-0.39, 0.29) is 59.3 Å². The van der Waals surface area contributed by atoms with Gasteiger partial charge in [-0.2, -0.15) is 10.2 Å². The van der Waals surface area contributed by atoms with Crippen LogP contribution in [0.25, 0.3) is 16.7 Å². The van der Waals surface area contributed by atoms with Crippen molar-refractivity contribution in [2.45, 2.75) is 94.9 Å². The molecule has 10 rings (SSSR count). The van der Waals surface area contributed by atoms with E-state index in [1.807, 2.05) is 29.2 Å². The fourth-order valence-corrected chi connectivity index (χ4v) is 10.5. The zero-order valence-electron chi connectivity index (χ0n) is 35.7. The predicted octanol–water partition coefficient (Wildman–Crippen LogP) is 3.62. The van der Waals surface area contributed by atoms with Crippen molar-refractivity contribution in [1.29, 1.82) is 0 Å². The number of fused-ring (bicyclic) bond motifs is 4. The molecule has 4 amide bonds. The van der Waals surface area contributed by atoms with Gasteiger partial charge in [0, 0.05) is 64.5 Å². The Hall–Kier alpha value is -6.02. The van der Waals surface area contributed by atoms with E-state index < -0.39 is 30.0 Å². The normalized spacial score (nSPS) is 24.1. The summed E-state index contributed by atoms with van der Waals surface area (Å²) in [4.78, 5) is 76.1. The molecule has 20 heteroatoms. The number of nitrogens with one attached hydrogen (secondary N) is 2. The Bertz CT molecular complexity index is 2670. The van der Waals surface area contributed by atoms with Gasteiger partial charge in [0.15, 0.2) is 11.3 Å². The quantitative estimate of drug-likeness (QED) is 0.138. The molecule has 338 valence electrons. The lowest BCUT2D eigenvalue weighted by molar-refractivity contribution is -0.139. The minimum atomic E-state index is -2.91. The Kier molecular flexibility index (Phi) is 11.3. The van der Waals surface area contributed by atoms with E-state index in [9.17, 15) is 32.8 Å². The number of carbonyl (C=O) groups excluding carboxylic acids is 4. The maximum absolute atomic E-state index is 14.3. The van der Waals surface area contributed by atoms with Gasteiger partial charge < -0.3 is 19.9 Å². The fraction of sp³-hybridized carbons (Fsp3) is 0.545. The monoisotopic (exact) mass is 882 g/mol. The van der Waals surface area contributed by atoms with Gasteiger partial charge in [0.05, 0.1) is 47.7 Å². The Morgan fingerprint density at radius 3 is 2.55 bits per heavy atom. The Labute approximate surface area is 366 Å². The molecule has 5 fully saturated rings. The number of hydrogen-bond donors (Lipinski definition) is 2. The van der Waals surface area contributed by atoms with Crippen molar-refractivity contribution in [2.75, 3.05) is 56.1 Å². The van der Waals surface area contributed by atoms with Crippen molar-refractivity contribution in [1.82, 2.24) is 48.6 Å². The first-order valence-electron chi connectivity index (χ1n) is 22.5. The van der Waals surface area contributed by atoms with Gasteiger partial charge in [-0.1, -0.05) is 12.1 Å². The fourth-order valence-electron chi connectivity index (χ4n) is 10.5. The second-order valence-corrected chi connectivity index (χ2v) is 17.9. The smallest absolute Gasteiger partial charge is 0.329 e. The third-order valence-electron chi connectivity index (χ3n) is 14.0. The van der Waals surface area contributed by atoms with Crippen LogP contribution in [0.5, 0.6) is 0 Å². The number of aromatic nitrogens is 7. The maximum Gasteiger partial charge on any atom is 0.329 e. The molecular formula is C44H52F2N12O6. The summed E-state index contributed by atoms with van der Waals surface area (Å²) in [5.74, 6) is -0.671. The summed E-state index contributed by atoms with van der Waals surface area (Å²) in [5.41, 5.74) is 2.18. The summed E-state index contributed by atoms with van der Waals surface area (Å²) >= 11 is 0. The second kappa shape index (κ2) is 17.2. The number of piperidine rings is 1. The highest BCUT2D eigenvalue weighted by Crippen LogP contribution is 2.37. The standard InChI is InChI=1S/C44H52F2N12O6/c1-52-38-26(6-4-7-33(38)58(44(52)63)34-12-13-36(59)50-42(34)61)5-2-3-15-53-17-19-54(20-18-53)43(62)27-8-10-28(11-9-27)57-24-32(37(51-57)39(45)46)48-41(60)31-22-47-56-16-14-35(49-40(31)56)55-23-30-21-29(55)25-64-30/h4,6-7,14,16,22,24,27-30,34,39H,2-3,5,8-13,15,17-21,23,25H2,1H3,(H,48,60)(H,50,59,61)/t27?,28?,29-,30-,34?/m1/s1. The van der Waals surface area contributed by atoms with E-state index in [4.69, 9.17) is 9.72 Å². The third-order valence-corrected chi connectivity index (χ3v) is 14.0. The highest BCUT2D eigenvalue weighted by molar-refractivity contribution is 6.08. The molecule has 4 saturated heterocycles. The molecule has 4 aliphatic heterocycles. The number of imide groups is 1. The topological polar surface area (TPSA) is 186 Å². The van der Waals surface area contributed by atoms with Crippen molar-refractivity contribution in [2.24, 2.45) is 13.0 Å². The molecule has 5 aliphatic rings. The van der Waals surface area contributed by atoms with Crippen molar-refractivity contribution in [3.63, 3.8) is 0 Å². The van der Waals surface area contributed by atoms with Gasteiger partial charge in [-0.05, 0) is 82.0 Å². The van der Waals surface area contributed by atoms with Gasteiger partial charge in [-0.25, -0.2) is 23.1 Å². The molecule has 4 aromatic heterocycles. The van der Waals surface area contributed by atoms with Gasteiger partial charge in [-0.15, -0.1) is 0 Å². The van der Waals surface area contributed by atoms with Crippen LogP contribution in [0.3, 0.4) is 0 Å². The number of nitrogens with zero attached hydrogens (tertiary/aromatic N) is 10. The molecule has 64 heavy (non-hydrogen) atoms. The number of ether oxygens (including phenoxy) is 1. The first kappa shape index (κ1) is 42.0. The number of alkyl halides is 2. The number of amides is 4. The lowest BCUT2D eigenvalue weighted by Crippen LogP contribution is -2.50. The summed E-state index contributed by atoms with van der Waals surface area (Å²) in [6, 6.07) is 6.95. The van der Waals surface area contributed by atoms with Gasteiger partial charge in [0.2, 0.25) is 17.7 Å². The van der Waals surface area contributed by atoms with E-state index >= 15 is 0 Å². The van der Waals surface area contributed by atoms with E-state index in [0.717, 1.165) is 62.9 Å². The van der Waals surface area contributed by atoms with Crippen LogP contribution in [0.2, 0.25) is 0 Å². The third kappa shape index (κ3) is 7.83. The molecule has 2 bridgehead atoms. The van der Waals surface area contributed by atoms with Crippen LogP contribution in [-0.2, 0) is 32.6 Å². The molecule has 8 heterocycles. The zero-order chi connectivity index (χ0) is 44.2. The number of benzene rings is 1. The summed E-state index contributed by atoms with van der Waals surface area (Å²) in [6.07, 6.45) is 8.31. The average Bonchev–Trinajstić information content (AvgIpc) is 4.15. The number of unbranched alkanes of at least 4 members (excludes halogenated alkanes) is 1. The lowest BCUT2D eigenvalue weighted by Gasteiger charge is -2.38. The molecule has 1 aliphatic carbocycles. The number of aryl methyl sites for hydroxylation is 2. The predicted molar refractivity (Wildman–Crippen MR) is 229 cm³/mol. The highest BCUT2D eigenvalue weighted by Gasteiger charge is 2.40. The van der Waals surface area contributed by atoms with Crippen LogP contribution in [-0.4, -0.2) is 125 Å². The van der Waals surface area contributed by atoms with Gasteiger partial charge in [0.25, 0.3) is 12.3 Å². The average molecular weight is 883 g/mol. The molecule has 0 spiro atoms. The molecule has 2 N–H and O–H groups in total. The largest absolute Gasteiger partial charge is 0.374 e. The molecule has 18 nitrogen and oxygen atoms in total. The van der Waals surface area contributed by atoms with Crippen molar-refractivity contribution in [3.05, 3.63) is 70.2 Å². The molecule has 1 unspecified atom stereocenters. The Morgan fingerprint density at radius 1 is 1.00 bits per heavy atom. The van der Waals surface area contributed by atoms with E-state index in [1.54, 1.807) is 17.8 Å². The number of rotatable bonds is 12. The molecule has 5 aromatic rings. The van der Waals surface area contributed by atoms with Crippen LogP contribution in [0.15, 0.2) is 47.7 Å². The molecule has 3 atom stereocenters. The summed E-state index contributed by atoms with van der Waals surface area (Å²) < 4.78 is 40.5. The first-order chi connectivity index (χ1) is 31.0.